The Kier molecular flexibility index (Phi) is 11.1. The zero-order valence-electron chi connectivity index (χ0n) is 26.0. The number of esters is 2. The molecule has 4 aliphatic rings. The number of carbonyl (C=O) groups excluding carboxylic acids is 2. The second kappa shape index (κ2) is 15.2. The molecule has 2 aromatic rings. The molecule has 2 saturated carbocycles. The molecule has 2 N–H and O–H groups in total. The fourth-order valence-electron chi connectivity index (χ4n) is 7.46. The molecule has 2 saturated heterocycles. The lowest BCUT2D eigenvalue weighted by molar-refractivity contribution is -0.142. The Hall–Kier alpha value is -3.22. The van der Waals surface area contributed by atoms with Crippen LogP contribution >= 0.6 is 0 Å². The molecule has 0 bridgehead atoms. The fourth-order valence-corrected chi connectivity index (χ4v) is 7.46. The summed E-state index contributed by atoms with van der Waals surface area (Å²) in [6.45, 7) is 4.57. The first-order valence-corrected chi connectivity index (χ1v) is 16.5. The van der Waals surface area contributed by atoms with Gasteiger partial charge in [0.05, 0.1) is 25.0 Å². The number of benzene rings is 2. The van der Waals surface area contributed by atoms with Crippen molar-refractivity contribution in [3.05, 3.63) is 96.1 Å². The smallest absolute Gasteiger partial charge is 0.306 e. The summed E-state index contributed by atoms with van der Waals surface area (Å²) in [7, 11) is 0. The van der Waals surface area contributed by atoms with Gasteiger partial charge in [0, 0.05) is 24.2 Å². The maximum absolute atomic E-state index is 11.5. The zero-order valence-corrected chi connectivity index (χ0v) is 26.0. The molecular weight excluding hydrogens is 552 g/mol. The van der Waals surface area contributed by atoms with Gasteiger partial charge in [-0.1, -0.05) is 98.8 Å². The Bertz CT molecular complexity index is 1170. The normalized spacial score (nSPS) is 32.2. The van der Waals surface area contributed by atoms with Crippen LogP contribution in [-0.2, 0) is 31.9 Å². The molecule has 0 aromatic heterocycles. The number of rotatable bonds is 10. The minimum Gasteiger partial charge on any atom is -0.462 e. The van der Waals surface area contributed by atoms with Crippen LogP contribution in [0.3, 0.4) is 0 Å². The van der Waals surface area contributed by atoms with Gasteiger partial charge in [0.25, 0.3) is 0 Å². The zero-order chi connectivity index (χ0) is 31.1. The van der Waals surface area contributed by atoms with Crippen LogP contribution in [0.15, 0.2) is 85.0 Å². The van der Waals surface area contributed by atoms with Gasteiger partial charge in [-0.15, -0.1) is 0 Å². The average molecular weight is 601 g/mol. The first-order valence-electron chi connectivity index (χ1n) is 16.5. The van der Waals surface area contributed by atoms with E-state index in [1.807, 2.05) is 36.4 Å². The average Bonchev–Trinajstić information content (AvgIpc) is 3.72. The van der Waals surface area contributed by atoms with Crippen molar-refractivity contribution in [2.75, 3.05) is 0 Å². The second-order valence-corrected chi connectivity index (χ2v) is 13.3. The number of aliphatic hydroxyl groups is 2. The lowest BCUT2D eigenvalue weighted by Gasteiger charge is -2.16. The van der Waals surface area contributed by atoms with Crippen LogP contribution in [-0.4, -0.2) is 46.6 Å². The molecule has 2 unspecified atom stereocenters. The first kappa shape index (κ1) is 32.2. The third-order valence-electron chi connectivity index (χ3n) is 10.0. The predicted octanol–water partition coefficient (Wildman–Crippen LogP) is 6.25. The van der Waals surface area contributed by atoms with E-state index in [1.165, 1.54) is 17.5 Å². The highest BCUT2D eigenvalue weighted by atomic mass is 16.6. The number of fused-ring (bicyclic) bond motifs is 2. The molecule has 0 spiro atoms. The van der Waals surface area contributed by atoms with Gasteiger partial charge in [0.1, 0.15) is 12.2 Å². The monoisotopic (exact) mass is 600 g/mol. The third kappa shape index (κ3) is 8.48. The SMILES string of the molecule is CC(/C=C/[C@@H]1[C@H]2CC(=O)O[C@H]2C[C@H]1C)CCc1ccccc1.O=C1C[C@@H]2[C@@H](/C=C/C(O)CCc3ccccc3)[C@H](O)C[C@@H]2O1. The lowest BCUT2D eigenvalue weighted by Crippen LogP contribution is -2.18. The molecule has 236 valence electrons. The summed E-state index contributed by atoms with van der Waals surface area (Å²) in [4.78, 5) is 22.8. The third-order valence-corrected chi connectivity index (χ3v) is 10.0. The lowest BCUT2D eigenvalue weighted by atomic mass is 9.87. The number of hydrogen-bond acceptors (Lipinski definition) is 6. The molecule has 4 fully saturated rings. The van der Waals surface area contributed by atoms with E-state index in [4.69, 9.17) is 9.47 Å². The maximum Gasteiger partial charge on any atom is 0.306 e. The summed E-state index contributed by atoms with van der Waals surface area (Å²) in [5.41, 5.74) is 2.61. The summed E-state index contributed by atoms with van der Waals surface area (Å²) in [5, 5.41) is 20.2. The summed E-state index contributed by atoms with van der Waals surface area (Å²) in [6.07, 6.45) is 13.6. The molecule has 6 heteroatoms. The van der Waals surface area contributed by atoms with Crippen molar-refractivity contribution < 1.29 is 29.3 Å². The van der Waals surface area contributed by atoms with E-state index in [1.54, 1.807) is 6.08 Å². The van der Waals surface area contributed by atoms with E-state index in [2.05, 4.69) is 56.3 Å². The highest BCUT2D eigenvalue weighted by Crippen LogP contribution is 2.45. The highest BCUT2D eigenvalue weighted by Gasteiger charge is 2.49. The van der Waals surface area contributed by atoms with Crippen LogP contribution in [0.5, 0.6) is 0 Å². The van der Waals surface area contributed by atoms with Crippen molar-refractivity contribution in [2.45, 2.75) is 89.6 Å². The largest absolute Gasteiger partial charge is 0.462 e. The van der Waals surface area contributed by atoms with E-state index in [9.17, 15) is 19.8 Å². The van der Waals surface area contributed by atoms with Crippen molar-refractivity contribution in [2.24, 2.45) is 35.5 Å². The molecule has 2 heterocycles. The molecule has 2 aliphatic carbocycles. The van der Waals surface area contributed by atoms with E-state index < -0.39 is 12.2 Å². The quantitative estimate of drug-likeness (QED) is 0.248. The number of hydrogen-bond donors (Lipinski definition) is 2. The molecule has 0 amide bonds. The Morgan fingerprint density at radius 2 is 1.30 bits per heavy atom. The van der Waals surface area contributed by atoms with E-state index in [-0.39, 0.29) is 36.0 Å². The molecule has 6 nitrogen and oxygen atoms in total. The predicted molar refractivity (Wildman–Crippen MR) is 170 cm³/mol. The highest BCUT2D eigenvalue weighted by molar-refractivity contribution is 5.73. The van der Waals surface area contributed by atoms with Crippen LogP contribution in [0.2, 0.25) is 0 Å². The Balaban J connectivity index is 0.000000175. The molecule has 44 heavy (non-hydrogen) atoms. The fraction of sp³-hybridized carbons (Fsp3) is 0.526. The van der Waals surface area contributed by atoms with Crippen LogP contribution in [0.1, 0.15) is 63.5 Å². The van der Waals surface area contributed by atoms with Crippen molar-refractivity contribution in [3.8, 4) is 0 Å². The topological polar surface area (TPSA) is 93.1 Å². The molecule has 0 radical (unpaired) electrons. The van der Waals surface area contributed by atoms with Crippen molar-refractivity contribution in [3.63, 3.8) is 0 Å². The summed E-state index contributed by atoms with van der Waals surface area (Å²) >= 11 is 0. The summed E-state index contributed by atoms with van der Waals surface area (Å²) in [6, 6.07) is 20.7. The molecule has 6 rings (SSSR count). The van der Waals surface area contributed by atoms with Crippen molar-refractivity contribution in [1.82, 2.24) is 0 Å². The van der Waals surface area contributed by atoms with Gasteiger partial charge in [-0.2, -0.15) is 0 Å². The van der Waals surface area contributed by atoms with Gasteiger partial charge in [-0.25, -0.2) is 0 Å². The standard InChI is InChI=1S/C20H26O2.C18H22O4/c1-14(8-10-16-6-4-3-5-7-16)9-11-17-15(2)12-19-18(17)13-20(21)22-19;19-13(7-6-12-4-2-1-3-5-12)8-9-14-15-10-18(21)22-17(15)11-16(14)20/h3-7,9,11,14-15,17-19H,8,10,12-13H2,1-2H3;1-5,8-9,13-17,19-20H,6-7,10-11H2/b11-9+;9-8+/t14?,15-,17+,18-,19+;13?,14-,15-,16-,17+/m11/s1. The van der Waals surface area contributed by atoms with Crippen LogP contribution < -0.4 is 0 Å². The molecule has 10 atom stereocenters. The first-order chi connectivity index (χ1) is 21.3. The van der Waals surface area contributed by atoms with Crippen LogP contribution in [0.25, 0.3) is 0 Å². The van der Waals surface area contributed by atoms with Crippen LogP contribution in [0.4, 0.5) is 0 Å². The number of aryl methyl sites for hydroxylation is 2. The second-order valence-electron chi connectivity index (χ2n) is 13.3. The number of ether oxygens (including phenoxy) is 2. The molecule has 2 aromatic carbocycles. The van der Waals surface area contributed by atoms with E-state index in [0.717, 1.165) is 19.3 Å². The number of aliphatic hydroxyl groups excluding tert-OH is 2. The van der Waals surface area contributed by atoms with E-state index in [0.29, 0.717) is 49.4 Å². The van der Waals surface area contributed by atoms with Gasteiger partial charge in [0.15, 0.2) is 0 Å². The van der Waals surface area contributed by atoms with Gasteiger partial charge in [0.2, 0.25) is 0 Å². The van der Waals surface area contributed by atoms with Gasteiger partial charge in [-0.3, -0.25) is 9.59 Å². The maximum atomic E-state index is 11.5. The van der Waals surface area contributed by atoms with Crippen molar-refractivity contribution >= 4 is 11.9 Å². The van der Waals surface area contributed by atoms with E-state index >= 15 is 0 Å². The molecular formula is C38H48O6. The Morgan fingerprint density at radius 1 is 0.773 bits per heavy atom. The summed E-state index contributed by atoms with van der Waals surface area (Å²) in [5.74, 6) is 1.91. The van der Waals surface area contributed by atoms with Gasteiger partial charge >= 0.3 is 11.9 Å². The van der Waals surface area contributed by atoms with Gasteiger partial charge in [-0.05, 0) is 61.0 Å². The van der Waals surface area contributed by atoms with Crippen LogP contribution in [0, 0.1) is 35.5 Å². The minimum atomic E-state index is -0.538. The van der Waals surface area contributed by atoms with Gasteiger partial charge < -0.3 is 19.7 Å². The Morgan fingerprint density at radius 3 is 1.91 bits per heavy atom. The number of carbonyl (C=O) groups is 2. The summed E-state index contributed by atoms with van der Waals surface area (Å²) < 4.78 is 10.6. The minimum absolute atomic E-state index is 0.00238. The molecule has 2 aliphatic heterocycles. The number of allylic oxidation sites excluding steroid dienone is 2. The van der Waals surface area contributed by atoms with Crippen molar-refractivity contribution in [1.29, 1.82) is 0 Å². The Labute approximate surface area is 262 Å².